The number of carbonyl (C=O) groups excluding carboxylic acids is 1. The molecule has 0 saturated heterocycles. The lowest BCUT2D eigenvalue weighted by atomic mass is 9.87. The summed E-state index contributed by atoms with van der Waals surface area (Å²) in [5, 5.41) is 29.2. The molecule has 318 valence electrons. The van der Waals surface area contributed by atoms with Crippen LogP contribution in [0.15, 0.2) is 64.9 Å². The van der Waals surface area contributed by atoms with E-state index in [2.05, 4.69) is 24.2 Å². The van der Waals surface area contributed by atoms with Gasteiger partial charge in [-0.3, -0.25) is 4.79 Å². The smallest absolute Gasteiger partial charge is 0.329 e. The number of sulfonamides is 4. The van der Waals surface area contributed by atoms with Crippen LogP contribution in [0, 0.1) is 11.7 Å². The molecule has 0 radical (unpaired) electrons. The normalized spacial score (nSPS) is 21.0. The molecule has 1 aromatic carbocycles. The fraction of sp³-hybridized carbons (Fsp3) is 0.394. The third kappa shape index (κ3) is 8.66. The first-order valence-electron chi connectivity index (χ1n) is 17.6. The largest absolute Gasteiger partial charge is 0.511 e. The van der Waals surface area contributed by atoms with Crippen LogP contribution in [-0.2, 0) is 69.3 Å². The quantitative estimate of drug-likeness (QED) is 0.165. The number of fused-ring (bicyclic) bond motifs is 2. The SMILES string of the molecule is CS(=O)(=O)NCc1csc2c1S(=O)(=O)N=C(C(C(=O)O)N(Cc1csc3c1S(=O)(=O)N=C(C1=C(O)CC(C4CCCC4)N(Cc4ccc(F)cc4)C1=O)N3)S(C)(=O)=O)N2. The van der Waals surface area contributed by atoms with Gasteiger partial charge in [-0.25, -0.2) is 30.7 Å². The number of hydrogen-bond donors (Lipinski definition) is 5. The summed E-state index contributed by atoms with van der Waals surface area (Å²) in [6.45, 7) is -1.34. The number of aliphatic hydroxyl groups is 1. The van der Waals surface area contributed by atoms with Crippen LogP contribution in [-0.4, -0.2) is 101 Å². The highest BCUT2D eigenvalue weighted by atomic mass is 32.2. The van der Waals surface area contributed by atoms with Crippen molar-refractivity contribution in [2.75, 3.05) is 23.1 Å². The van der Waals surface area contributed by atoms with Gasteiger partial charge in [0.15, 0.2) is 17.7 Å². The molecule has 1 amide bonds. The van der Waals surface area contributed by atoms with E-state index < -0.39 is 110 Å². The summed E-state index contributed by atoms with van der Waals surface area (Å²) in [6.07, 6.45) is 4.98. The number of hydrogen-bond acceptors (Lipinski definition) is 15. The molecule has 0 bridgehead atoms. The third-order valence-electron chi connectivity index (χ3n) is 10.1. The van der Waals surface area contributed by atoms with E-state index in [0.29, 0.717) is 16.1 Å². The number of carbonyl (C=O) groups is 2. The van der Waals surface area contributed by atoms with Crippen molar-refractivity contribution in [1.29, 1.82) is 0 Å². The van der Waals surface area contributed by atoms with Crippen molar-refractivity contribution in [3.05, 3.63) is 68.9 Å². The number of nitrogens with one attached hydrogen (secondary N) is 3. The molecule has 7 rings (SSSR count). The molecular weight excluding hydrogens is 898 g/mol. The minimum absolute atomic E-state index is 0.00438. The molecule has 0 spiro atoms. The Morgan fingerprint density at radius 2 is 1.58 bits per heavy atom. The fourth-order valence-electron chi connectivity index (χ4n) is 7.53. The second kappa shape index (κ2) is 15.6. The third-order valence-corrected chi connectivity index (χ3v) is 17.0. The monoisotopic (exact) mass is 933 g/mol. The summed E-state index contributed by atoms with van der Waals surface area (Å²) < 4.78 is 128. The molecule has 26 heteroatoms. The number of anilines is 2. The van der Waals surface area contributed by atoms with Crippen molar-refractivity contribution >= 4 is 96.3 Å². The summed E-state index contributed by atoms with van der Waals surface area (Å²) >= 11 is 1.53. The van der Waals surface area contributed by atoms with Crippen LogP contribution in [0.25, 0.3) is 0 Å². The highest BCUT2D eigenvalue weighted by Gasteiger charge is 2.45. The number of amidine groups is 2. The van der Waals surface area contributed by atoms with Crippen molar-refractivity contribution in [2.45, 2.75) is 73.6 Å². The number of amides is 1. The number of halogens is 1. The molecule has 2 atom stereocenters. The number of carboxylic acids is 1. The molecule has 2 aromatic heterocycles. The van der Waals surface area contributed by atoms with Gasteiger partial charge in [-0.2, -0.15) is 21.1 Å². The second-order valence-corrected chi connectivity index (χ2v) is 22.9. The molecule has 1 aliphatic carbocycles. The zero-order chi connectivity index (χ0) is 42.8. The Bertz CT molecular complexity index is 2790. The molecular formula is C33H36FN7O12S6. The van der Waals surface area contributed by atoms with E-state index in [4.69, 9.17) is 0 Å². The first kappa shape index (κ1) is 42.8. The van der Waals surface area contributed by atoms with Crippen LogP contribution in [0.2, 0.25) is 0 Å². The topological polar surface area (TPSA) is 278 Å². The van der Waals surface area contributed by atoms with Gasteiger partial charge in [-0.1, -0.05) is 25.0 Å². The average molecular weight is 934 g/mol. The number of carboxylic acid groups (broad SMARTS) is 1. The lowest BCUT2D eigenvalue weighted by Gasteiger charge is -2.40. The minimum atomic E-state index is -4.80. The number of rotatable bonds is 13. The van der Waals surface area contributed by atoms with Crippen molar-refractivity contribution in [1.82, 2.24) is 13.9 Å². The Labute approximate surface area is 346 Å². The van der Waals surface area contributed by atoms with E-state index in [1.807, 2.05) is 0 Å². The number of thiophene rings is 2. The van der Waals surface area contributed by atoms with Crippen molar-refractivity contribution in [2.24, 2.45) is 14.7 Å². The number of nitrogens with zero attached hydrogens (tertiary/aromatic N) is 4. The maximum Gasteiger partial charge on any atom is 0.329 e. The van der Waals surface area contributed by atoms with E-state index >= 15 is 0 Å². The molecule has 59 heavy (non-hydrogen) atoms. The van der Waals surface area contributed by atoms with Gasteiger partial charge < -0.3 is 25.7 Å². The molecule has 19 nitrogen and oxygen atoms in total. The van der Waals surface area contributed by atoms with Crippen LogP contribution >= 0.6 is 22.7 Å². The molecule has 4 aliphatic rings. The fourth-order valence-corrected chi connectivity index (χ4v) is 14.1. The zero-order valence-corrected chi connectivity index (χ0v) is 35.8. The summed E-state index contributed by atoms with van der Waals surface area (Å²) in [5.41, 5.74) is -0.0626. The van der Waals surface area contributed by atoms with E-state index in [1.54, 1.807) is 0 Å². The summed E-state index contributed by atoms with van der Waals surface area (Å²) in [7, 11) is -17.9. The molecule has 5 heterocycles. The first-order chi connectivity index (χ1) is 27.5. The minimum Gasteiger partial charge on any atom is -0.511 e. The predicted molar refractivity (Wildman–Crippen MR) is 216 cm³/mol. The highest BCUT2D eigenvalue weighted by molar-refractivity contribution is 7.91. The number of aliphatic hydroxyl groups excluding tert-OH is 1. The van der Waals surface area contributed by atoms with Crippen LogP contribution in [0.5, 0.6) is 0 Å². The average Bonchev–Trinajstić information content (AvgIpc) is 3.89. The van der Waals surface area contributed by atoms with Gasteiger partial charge in [0.25, 0.3) is 26.0 Å². The summed E-state index contributed by atoms with van der Waals surface area (Å²) in [4.78, 5) is 27.6. The van der Waals surface area contributed by atoms with Gasteiger partial charge in [-0.05, 0) is 47.2 Å². The number of benzene rings is 1. The zero-order valence-electron chi connectivity index (χ0n) is 30.9. The van der Waals surface area contributed by atoms with Gasteiger partial charge in [-0.15, -0.1) is 31.5 Å². The molecule has 2 unspecified atom stereocenters. The maximum absolute atomic E-state index is 14.2. The van der Waals surface area contributed by atoms with Crippen LogP contribution in [0.1, 0.15) is 48.8 Å². The van der Waals surface area contributed by atoms with Crippen molar-refractivity contribution in [3.8, 4) is 0 Å². The Morgan fingerprint density at radius 1 is 0.983 bits per heavy atom. The van der Waals surface area contributed by atoms with E-state index in [-0.39, 0.29) is 45.8 Å². The maximum atomic E-state index is 14.2. The molecule has 3 aromatic rings. The lowest BCUT2D eigenvalue weighted by molar-refractivity contribution is -0.139. The number of aliphatic carboxylic acids is 1. The molecule has 5 N–H and O–H groups in total. The summed E-state index contributed by atoms with van der Waals surface area (Å²) in [6, 6.07) is 2.77. The molecule has 3 aliphatic heterocycles. The Kier molecular flexibility index (Phi) is 11.3. The first-order valence-corrected chi connectivity index (χ1v) is 26.0. The van der Waals surface area contributed by atoms with E-state index in [0.717, 1.165) is 54.6 Å². The van der Waals surface area contributed by atoms with E-state index in [1.165, 1.54) is 39.9 Å². The highest BCUT2D eigenvalue weighted by Crippen LogP contribution is 2.42. The Morgan fingerprint density at radius 3 is 2.19 bits per heavy atom. The van der Waals surface area contributed by atoms with Crippen molar-refractivity contribution < 1.29 is 57.9 Å². The standard InChI is InChI=1S/C33H36FN7O12S6/c1-56(46,47)35-12-19-15-54-30-26(19)58(50,51)39-29(37-30)25(33(44)45)41(57(2,48)49)14-20-16-55-31-27(20)59(52,53)38-28(36-31)24-23(42)11-22(18-5-3-4-6-18)40(32(24)43)13-17-7-9-21(34)10-8-17/h7-10,15-16,18,22,25,35,42H,3-6,11-14H2,1-2H3,(H,36,38)(H,37,39)(H,44,45). The summed E-state index contributed by atoms with van der Waals surface area (Å²) in [5.74, 6) is -4.73. The molecule has 1 fully saturated rings. The van der Waals surface area contributed by atoms with E-state index in [9.17, 15) is 57.9 Å². The Hall–Kier alpha value is -4.31. The second-order valence-electron chi connectivity index (χ2n) is 14.3. The van der Waals surface area contributed by atoms with Crippen LogP contribution < -0.4 is 15.4 Å². The van der Waals surface area contributed by atoms with Gasteiger partial charge >= 0.3 is 5.97 Å². The van der Waals surface area contributed by atoms with Gasteiger partial charge in [0.2, 0.25) is 20.0 Å². The van der Waals surface area contributed by atoms with Crippen LogP contribution in [0.3, 0.4) is 0 Å². The van der Waals surface area contributed by atoms with Gasteiger partial charge in [0.05, 0.1) is 12.5 Å². The Balaban J connectivity index is 1.20. The van der Waals surface area contributed by atoms with Gasteiger partial charge in [0, 0.05) is 43.2 Å². The molecule has 1 saturated carbocycles. The van der Waals surface area contributed by atoms with Crippen LogP contribution in [0.4, 0.5) is 14.4 Å². The lowest BCUT2D eigenvalue weighted by Crippen LogP contribution is -2.52. The predicted octanol–water partition coefficient (Wildman–Crippen LogP) is 2.74. The van der Waals surface area contributed by atoms with Crippen molar-refractivity contribution in [3.63, 3.8) is 0 Å². The van der Waals surface area contributed by atoms with Gasteiger partial charge in [0.1, 0.15) is 36.9 Å².